The van der Waals surface area contributed by atoms with Crippen LogP contribution in [0.1, 0.15) is 0 Å². The standard InChI is InChI=1S/C7H9N2O2/c1-10-4-5-11-7-6-8-2-3-9-7/h3,6H,4-5H2,1H3. The van der Waals surface area contributed by atoms with E-state index in [1.807, 2.05) is 0 Å². The van der Waals surface area contributed by atoms with Gasteiger partial charge in [0.05, 0.1) is 19.0 Å². The number of methoxy groups -OCH3 is 1. The smallest absolute Gasteiger partial charge is 0.232 e. The quantitative estimate of drug-likeness (QED) is 0.583. The topological polar surface area (TPSA) is 44.2 Å². The van der Waals surface area contributed by atoms with Crippen molar-refractivity contribution in [3.05, 3.63) is 18.6 Å². The fraction of sp³-hybridized carbons (Fsp3) is 0.429. The number of nitrogens with zero attached hydrogens (tertiary/aromatic N) is 2. The average Bonchev–Trinajstić information content (AvgIpc) is 2.07. The molecule has 11 heavy (non-hydrogen) atoms. The molecule has 0 saturated heterocycles. The molecule has 0 saturated carbocycles. The Labute approximate surface area is 65.2 Å². The first-order valence-electron chi connectivity index (χ1n) is 3.23. The molecule has 0 bridgehead atoms. The number of aromatic nitrogens is 2. The van der Waals surface area contributed by atoms with E-state index in [1.54, 1.807) is 7.11 Å². The number of hydrogen-bond acceptors (Lipinski definition) is 4. The van der Waals surface area contributed by atoms with Crippen molar-refractivity contribution in [3.8, 4) is 5.88 Å². The van der Waals surface area contributed by atoms with Crippen molar-refractivity contribution in [2.24, 2.45) is 0 Å². The zero-order valence-corrected chi connectivity index (χ0v) is 6.28. The molecule has 1 aromatic rings. The Morgan fingerprint density at radius 3 is 3.09 bits per heavy atom. The summed E-state index contributed by atoms with van der Waals surface area (Å²) in [6.07, 6.45) is 5.52. The minimum absolute atomic E-state index is 0.495. The lowest BCUT2D eigenvalue weighted by Crippen LogP contribution is -2.05. The first-order valence-corrected chi connectivity index (χ1v) is 3.23. The first kappa shape index (κ1) is 7.94. The molecule has 59 valence electrons. The molecule has 0 aliphatic carbocycles. The fourth-order valence-electron chi connectivity index (χ4n) is 0.556. The molecule has 1 aromatic heterocycles. The summed E-state index contributed by atoms with van der Waals surface area (Å²) in [5.74, 6) is 0.501. The van der Waals surface area contributed by atoms with E-state index in [1.165, 1.54) is 12.4 Å². The van der Waals surface area contributed by atoms with E-state index in [-0.39, 0.29) is 0 Å². The predicted molar refractivity (Wildman–Crippen MR) is 38.2 cm³/mol. The first-order chi connectivity index (χ1) is 5.43. The molecule has 0 aromatic carbocycles. The molecule has 1 rings (SSSR count). The highest BCUT2D eigenvalue weighted by Crippen LogP contribution is 1.98. The number of hydrogen-bond donors (Lipinski definition) is 0. The van der Waals surface area contributed by atoms with E-state index in [0.29, 0.717) is 19.1 Å². The van der Waals surface area contributed by atoms with E-state index >= 15 is 0 Å². The summed E-state index contributed by atoms with van der Waals surface area (Å²) >= 11 is 0. The van der Waals surface area contributed by atoms with Crippen LogP contribution >= 0.6 is 0 Å². The van der Waals surface area contributed by atoms with Crippen molar-refractivity contribution in [2.45, 2.75) is 0 Å². The maximum Gasteiger partial charge on any atom is 0.232 e. The Kier molecular flexibility index (Phi) is 3.34. The summed E-state index contributed by atoms with van der Waals surface area (Å²) in [5, 5.41) is 0. The molecule has 0 aliphatic rings. The van der Waals surface area contributed by atoms with Crippen LogP contribution in [0, 0.1) is 6.20 Å². The third kappa shape index (κ3) is 2.95. The van der Waals surface area contributed by atoms with Crippen molar-refractivity contribution in [1.29, 1.82) is 0 Å². The van der Waals surface area contributed by atoms with Gasteiger partial charge in [-0.25, -0.2) is 9.97 Å². The summed E-state index contributed by atoms with van der Waals surface area (Å²) < 4.78 is 9.91. The molecule has 0 unspecified atom stereocenters. The summed E-state index contributed by atoms with van der Waals surface area (Å²) in [4.78, 5) is 7.56. The van der Waals surface area contributed by atoms with Crippen LogP contribution in [0.4, 0.5) is 0 Å². The van der Waals surface area contributed by atoms with Crippen LogP contribution in [0.3, 0.4) is 0 Å². The largest absolute Gasteiger partial charge is 0.474 e. The zero-order chi connectivity index (χ0) is 7.94. The van der Waals surface area contributed by atoms with Gasteiger partial charge >= 0.3 is 0 Å². The van der Waals surface area contributed by atoms with Crippen LogP contribution in [0.25, 0.3) is 0 Å². The summed E-state index contributed by atoms with van der Waals surface area (Å²) in [6, 6.07) is 0. The number of rotatable bonds is 4. The lowest BCUT2D eigenvalue weighted by Gasteiger charge is -2.01. The highest BCUT2D eigenvalue weighted by atomic mass is 16.5. The van der Waals surface area contributed by atoms with Gasteiger partial charge in [-0.05, 0) is 0 Å². The zero-order valence-electron chi connectivity index (χ0n) is 6.28. The van der Waals surface area contributed by atoms with Crippen molar-refractivity contribution in [1.82, 2.24) is 9.97 Å². The summed E-state index contributed by atoms with van der Waals surface area (Å²) in [7, 11) is 1.62. The Morgan fingerprint density at radius 2 is 2.45 bits per heavy atom. The van der Waals surface area contributed by atoms with Gasteiger partial charge in [0.1, 0.15) is 12.8 Å². The molecule has 0 N–H and O–H groups in total. The van der Waals surface area contributed by atoms with Gasteiger partial charge in [-0.3, -0.25) is 0 Å². The average molecular weight is 153 g/mol. The Balaban J connectivity index is 2.28. The molecule has 0 spiro atoms. The SMILES string of the molecule is COCCOc1cn[c]cn1. The van der Waals surface area contributed by atoms with Gasteiger partial charge in [0, 0.05) is 7.11 Å². The van der Waals surface area contributed by atoms with Crippen LogP contribution in [0.5, 0.6) is 5.88 Å². The van der Waals surface area contributed by atoms with Crippen molar-refractivity contribution < 1.29 is 9.47 Å². The highest BCUT2D eigenvalue weighted by Gasteiger charge is 1.91. The minimum Gasteiger partial charge on any atom is -0.474 e. The third-order valence-corrected chi connectivity index (χ3v) is 1.04. The van der Waals surface area contributed by atoms with Gasteiger partial charge in [-0.1, -0.05) is 0 Å². The van der Waals surface area contributed by atoms with E-state index < -0.39 is 0 Å². The predicted octanol–water partition coefficient (Wildman–Crippen LogP) is 0.302. The molecular formula is C7H9N2O2. The Hall–Kier alpha value is -1.16. The van der Waals surface area contributed by atoms with Gasteiger partial charge in [0.25, 0.3) is 0 Å². The molecular weight excluding hydrogens is 144 g/mol. The number of ether oxygens (including phenoxy) is 2. The van der Waals surface area contributed by atoms with Gasteiger partial charge in [-0.15, -0.1) is 0 Å². The van der Waals surface area contributed by atoms with Gasteiger partial charge in [0.2, 0.25) is 5.88 Å². The molecule has 0 atom stereocenters. The van der Waals surface area contributed by atoms with Gasteiger partial charge < -0.3 is 9.47 Å². The lowest BCUT2D eigenvalue weighted by molar-refractivity contribution is 0.143. The minimum atomic E-state index is 0.495. The second kappa shape index (κ2) is 4.62. The van der Waals surface area contributed by atoms with E-state index in [9.17, 15) is 0 Å². The Bertz CT molecular complexity index is 191. The van der Waals surface area contributed by atoms with Crippen molar-refractivity contribution in [3.63, 3.8) is 0 Å². The molecule has 0 fully saturated rings. The van der Waals surface area contributed by atoms with E-state index in [4.69, 9.17) is 9.47 Å². The molecule has 0 amide bonds. The monoisotopic (exact) mass is 153 g/mol. The van der Waals surface area contributed by atoms with Crippen LogP contribution in [0.15, 0.2) is 12.4 Å². The maximum absolute atomic E-state index is 5.13. The summed E-state index contributed by atoms with van der Waals surface area (Å²) in [5.41, 5.74) is 0. The van der Waals surface area contributed by atoms with Crippen LogP contribution in [-0.4, -0.2) is 30.3 Å². The summed E-state index contributed by atoms with van der Waals surface area (Å²) in [6.45, 7) is 1.05. The molecule has 4 heteroatoms. The van der Waals surface area contributed by atoms with Gasteiger partial charge in [-0.2, -0.15) is 0 Å². The van der Waals surface area contributed by atoms with Gasteiger partial charge in [0.15, 0.2) is 0 Å². The van der Waals surface area contributed by atoms with E-state index in [2.05, 4.69) is 16.2 Å². The van der Waals surface area contributed by atoms with E-state index in [0.717, 1.165) is 0 Å². The molecule has 1 radical (unpaired) electrons. The third-order valence-electron chi connectivity index (χ3n) is 1.04. The molecule has 0 aliphatic heterocycles. The normalized spacial score (nSPS) is 9.55. The Morgan fingerprint density at radius 1 is 1.55 bits per heavy atom. The van der Waals surface area contributed by atoms with Crippen molar-refractivity contribution in [2.75, 3.05) is 20.3 Å². The van der Waals surface area contributed by atoms with Crippen molar-refractivity contribution >= 4 is 0 Å². The molecule has 4 nitrogen and oxygen atoms in total. The maximum atomic E-state index is 5.13. The highest BCUT2D eigenvalue weighted by molar-refractivity contribution is 5.00. The molecule has 1 heterocycles. The second-order valence-electron chi connectivity index (χ2n) is 1.82. The van der Waals surface area contributed by atoms with Crippen LogP contribution < -0.4 is 4.74 Å². The second-order valence-corrected chi connectivity index (χ2v) is 1.82. The lowest BCUT2D eigenvalue weighted by atomic mass is 10.7. The fourth-order valence-corrected chi connectivity index (χ4v) is 0.556. The van der Waals surface area contributed by atoms with Crippen LogP contribution in [-0.2, 0) is 4.74 Å². The van der Waals surface area contributed by atoms with Crippen LogP contribution in [0.2, 0.25) is 0 Å².